The van der Waals surface area contributed by atoms with E-state index >= 15 is 0 Å². The SMILES string of the molecule is CCC(O)(COC)C(C)C(=O)OC. The Morgan fingerprint density at radius 2 is 2.08 bits per heavy atom. The fourth-order valence-corrected chi connectivity index (χ4v) is 1.18. The molecular weight excluding hydrogens is 172 g/mol. The van der Waals surface area contributed by atoms with Gasteiger partial charge in [-0.05, 0) is 13.3 Å². The Morgan fingerprint density at radius 3 is 2.38 bits per heavy atom. The molecule has 1 N–H and O–H groups in total. The number of aliphatic hydroxyl groups is 1. The first-order valence-corrected chi connectivity index (χ1v) is 4.31. The van der Waals surface area contributed by atoms with Crippen LogP contribution in [-0.4, -0.2) is 37.5 Å². The third-order valence-electron chi connectivity index (χ3n) is 2.37. The standard InChI is InChI=1S/C9H18O4/c1-5-9(11,6-12-3)7(2)8(10)13-4/h7,11H,5-6H2,1-4H3. The van der Waals surface area contributed by atoms with Gasteiger partial charge in [-0.25, -0.2) is 0 Å². The Balaban J connectivity index is 4.45. The number of ether oxygens (including phenoxy) is 2. The van der Waals surface area contributed by atoms with Crippen molar-refractivity contribution in [2.24, 2.45) is 5.92 Å². The summed E-state index contributed by atoms with van der Waals surface area (Å²) in [4.78, 5) is 11.2. The van der Waals surface area contributed by atoms with Crippen molar-refractivity contribution in [3.05, 3.63) is 0 Å². The molecule has 0 aromatic carbocycles. The average molecular weight is 190 g/mol. The zero-order chi connectivity index (χ0) is 10.5. The van der Waals surface area contributed by atoms with E-state index in [1.165, 1.54) is 14.2 Å². The van der Waals surface area contributed by atoms with Gasteiger partial charge < -0.3 is 14.6 Å². The van der Waals surface area contributed by atoms with Gasteiger partial charge in [0.1, 0.15) is 5.60 Å². The molecule has 0 rings (SSSR count). The maximum atomic E-state index is 11.2. The number of rotatable bonds is 5. The molecule has 0 spiro atoms. The van der Waals surface area contributed by atoms with Gasteiger partial charge in [0.25, 0.3) is 0 Å². The van der Waals surface area contributed by atoms with E-state index in [1.807, 2.05) is 0 Å². The van der Waals surface area contributed by atoms with Crippen molar-refractivity contribution in [3.8, 4) is 0 Å². The first kappa shape index (κ1) is 12.4. The van der Waals surface area contributed by atoms with E-state index in [9.17, 15) is 9.90 Å². The molecule has 4 heteroatoms. The second-order valence-corrected chi connectivity index (χ2v) is 3.13. The zero-order valence-electron chi connectivity index (χ0n) is 8.66. The largest absolute Gasteiger partial charge is 0.469 e. The second-order valence-electron chi connectivity index (χ2n) is 3.13. The van der Waals surface area contributed by atoms with Gasteiger partial charge in [0.05, 0.1) is 19.6 Å². The normalized spacial score (nSPS) is 17.6. The second kappa shape index (κ2) is 5.19. The van der Waals surface area contributed by atoms with Gasteiger partial charge in [-0.15, -0.1) is 0 Å². The van der Waals surface area contributed by atoms with Gasteiger partial charge >= 0.3 is 5.97 Å². The maximum Gasteiger partial charge on any atom is 0.311 e. The van der Waals surface area contributed by atoms with E-state index in [0.717, 1.165) is 0 Å². The van der Waals surface area contributed by atoms with Crippen molar-refractivity contribution in [2.45, 2.75) is 25.9 Å². The van der Waals surface area contributed by atoms with Crippen LogP contribution in [0.3, 0.4) is 0 Å². The van der Waals surface area contributed by atoms with Crippen LogP contribution in [0.25, 0.3) is 0 Å². The summed E-state index contributed by atoms with van der Waals surface area (Å²) in [5.74, 6) is -0.983. The van der Waals surface area contributed by atoms with Gasteiger partial charge in [-0.2, -0.15) is 0 Å². The van der Waals surface area contributed by atoms with Crippen LogP contribution < -0.4 is 0 Å². The number of carbonyl (C=O) groups excluding carboxylic acids is 1. The predicted octanol–water partition coefficient (Wildman–Crippen LogP) is 0.583. The predicted molar refractivity (Wildman–Crippen MR) is 48.3 cm³/mol. The molecule has 2 atom stereocenters. The van der Waals surface area contributed by atoms with E-state index < -0.39 is 17.5 Å². The average Bonchev–Trinajstić information content (AvgIpc) is 2.15. The minimum Gasteiger partial charge on any atom is -0.469 e. The monoisotopic (exact) mass is 190 g/mol. The van der Waals surface area contributed by atoms with Gasteiger partial charge in [0.2, 0.25) is 0 Å². The molecule has 0 radical (unpaired) electrons. The first-order valence-electron chi connectivity index (χ1n) is 4.31. The number of hydrogen-bond acceptors (Lipinski definition) is 4. The molecule has 2 unspecified atom stereocenters. The molecule has 0 fully saturated rings. The van der Waals surface area contributed by atoms with Crippen molar-refractivity contribution < 1.29 is 19.4 Å². The Hall–Kier alpha value is -0.610. The molecule has 4 nitrogen and oxygen atoms in total. The molecule has 0 aliphatic carbocycles. The third-order valence-corrected chi connectivity index (χ3v) is 2.37. The topological polar surface area (TPSA) is 55.8 Å². The summed E-state index contributed by atoms with van der Waals surface area (Å²) >= 11 is 0. The molecule has 0 aliphatic heterocycles. The highest BCUT2D eigenvalue weighted by Gasteiger charge is 2.37. The van der Waals surface area contributed by atoms with Crippen molar-refractivity contribution in [3.63, 3.8) is 0 Å². The van der Waals surface area contributed by atoms with Crippen LogP contribution in [0, 0.1) is 5.92 Å². The molecule has 0 aromatic heterocycles. The Kier molecular flexibility index (Phi) is 4.95. The van der Waals surface area contributed by atoms with Crippen molar-refractivity contribution >= 4 is 5.97 Å². The first-order chi connectivity index (χ1) is 6.01. The maximum absolute atomic E-state index is 11.2. The highest BCUT2D eigenvalue weighted by molar-refractivity contribution is 5.73. The fourth-order valence-electron chi connectivity index (χ4n) is 1.18. The van der Waals surface area contributed by atoms with Crippen molar-refractivity contribution in [1.29, 1.82) is 0 Å². The van der Waals surface area contributed by atoms with Crippen LogP contribution in [0.2, 0.25) is 0 Å². The highest BCUT2D eigenvalue weighted by Crippen LogP contribution is 2.22. The number of carbonyl (C=O) groups is 1. The van der Waals surface area contributed by atoms with Gasteiger partial charge in [-0.1, -0.05) is 6.92 Å². The lowest BCUT2D eigenvalue weighted by Gasteiger charge is -2.30. The summed E-state index contributed by atoms with van der Waals surface area (Å²) in [5, 5.41) is 9.96. The zero-order valence-corrected chi connectivity index (χ0v) is 8.66. The van der Waals surface area contributed by atoms with Crippen LogP contribution in [0.15, 0.2) is 0 Å². The minimum absolute atomic E-state index is 0.139. The molecule has 0 aromatic rings. The molecule has 0 saturated carbocycles. The quantitative estimate of drug-likeness (QED) is 0.644. The van der Waals surface area contributed by atoms with Gasteiger partial charge in [0, 0.05) is 7.11 Å². The summed E-state index contributed by atoms with van der Waals surface area (Å²) in [7, 11) is 2.80. The highest BCUT2D eigenvalue weighted by atomic mass is 16.5. The Labute approximate surface area is 78.8 Å². The summed E-state index contributed by atoms with van der Waals surface area (Å²) in [6.45, 7) is 3.58. The van der Waals surface area contributed by atoms with Gasteiger partial charge in [-0.3, -0.25) is 4.79 Å². The lowest BCUT2D eigenvalue weighted by Crippen LogP contribution is -2.44. The minimum atomic E-state index is -1.12. The summed E-state index contributed by atoms with van der Waals surface area (Å²) in [6.07, 6.45) is 0.455. The number of methoxy groups -OCH3 is 2. The van der Waals surface area contributed by atoms with Crippen LogP contribution in [-0.2, 0) is 14.3 Å². The summed E-state index contributed by atoms with van der Waals surface area (Å²) in [6, 6.07) is 0. The van der Waals surface area contributed by atoms with E-state index in [-0.39, 0.29) is 6.61 Å². The summed E-state index contributed by atoms with van der Waals surface area (Å²) in [5.41, 5.74) is -1.12. The van der Waals surface area contributed by atoms with Crippen molar-refractivity contribution in [2.75, 3.05) is 20.8 Å². The van der Waals surface area contributed by atoms with Crippen LogP contribution in [0.1, 0.15) is 20.3 Å². The molecule has 0 heterocycles. The van der Waals surface area contributed by atoms with E-state index in [1.54, 1.807) is 13.8 Å². The fraction of sp³-hybridized carbons (Fsp3) is 0.889. The lowest BCUT2D eigenvalue weighted by molar-refractivity contribution is -0.159. The van der Waals surface area contributed by atoms with E-state index in [4.69, 9.17) is 4.74 Å². The Bertz CT molecular complexity index is 169. The van der Waals surface area contributed by atoms with Crippen LogP contribution >= 0.6 is 0 Å². The molecular formula is C9H18O4. The molecule has 0 aliphatic rings. The van der Waals surface area contributed by atoms with Crippen LogP contribution in [0.4, 0.5) is 0 Å². The number of hydrogen-bond donors (Lipinski definition) is 1. The Morgan fingerprint density at radius 1 is 1.54 bits per heavy atom. The van der Waals surface area contributed by atoms with E-state index in [2.05, 4.69) is 4.74 Å². The molecule has 0 saturated heterocycles. The third kappa shape index (κ3) is 2.97. The molecule has 78 valence electrons. The van der Waals surface area contributed by atoms with Crippen LogP contribution in [0.5, 0.6) is 0 Å². The lowest BCUT2D eigenvalue weighted by atomic mass is 9.87. The molecule has 13 heavy (non-hydrogen) atoms. The molecule has 0 bridgehead atoms. The summed E-state index contributed by atoms with van der Waals surface area (Å²) < 4.78 is 9.41. The smallest absolute Gasteiger partial charge is 0.311 e. The van der Waals surface area contributed by atoms with E-state index in [0.29, 0.717) is 6.42 Å². The number of esters is 1. The molecule has 0 amide bonds. The van der Waals surface area contributed by atoms with Crippen molar-refractivity contribution in [1.82, 2.24) is 0 Å². The van der Waals surface area contributed by atoms with Gasteiger partial charge in [0.15, 0.2) is 0 Å².